The summed E-state index contributed by atoms with van der Waals surface area (Å²) in [5.74, 6) is -0.289. The molecule has 0 aromatic rings. The van der Waals surface area contributed by atoms with Gasteiger partial charge >= 0.3 is 0 Å². The van der Waals surface area contributed by atoms with Gasteiger partial charge in [-0.2, -0.15) is 0 Å². The van der Waals surface area contributed by atoms with Crippen LogP contribution in [0.25, 0.3) is 0 Å². The molecule has 3 nitrogen and oxygen atoms in total. The highest BCUT2D eigenvalue weighted by molar-refractivity contribution is 7.31. The lowest BCUT2D eigenvalue weighted by molar-refractivity contribution is -0.130. The monoisotopic (exact) mass is 350 g/mol. The first kappa shape index (κ1) is 21.7. The van der Waals surface area contributed by atoms with E-state index in [1.165, 1.54) is 32.1 Å². The number of hydrogen-bond donors (Lipinski definition) is 1. The summed E-state index contributed by atoms with van der Waals surface area (Å²) in [6, 6.07) is 0. The lowest BCUT2D eigenvalue weighted by atomic mass is 9.07. The Bertz CT molecular complexity index is 466. The van der Waals surface area contributed by atoms with Gasteiger partial charge in [0.15, 0.2) is 0 Å². The predicted octanol–water partition coefficient (Wildman–Crippen LogP) is 3.52. The van der Waals surface area contributed by atoms with Gasteiger partial charge < -0.3 is 0 Å². The molecule has 2 fully saturated rings. The van der Waals surface area contributed by atoms with Crippen LogP contribution in [0.5, 0.6) is 0 Å². The minimum Gasteiger partial charge on any atom is -0.296 e. The largest absolute Gasteiger partial charge is 0.296 e. The van der Waals surface area contributed by atoms with Crippen molar-refractivity contribution >= 4 is 41.1 Å². The van der Waals surface area contributed by atoms with E-state index in [0.717, 1.165) is 44.9 Å². The normalized spacial score (nSPS) is 28.7. The summed E-state index contributed by atoms with van der Waals surface area (Å²) in [5, 5.41) is 2.12. The Balaban J connectivity index is 1.88. The van der Waals surface area contributed by atoms with Gasteiger partial charge in [0.1, 0.15) is 0 Å². The van der Waals surface area contributed by atoms with Crippen molar-refractivity contribution in [1.82, 2.24) is 5.32 Å². The number of carbonyl (C=O) groups excluding carboxylic acids is 2. The smallest absolute Gasteiger partial charge is 0.226 e. The number of amides is 2. The van der Waals surface area contributed by atoms with Crippen LogP contribution >= 0.6 is 0 Å². The molecule has 0 aromatic carbocycles. The van der Waals surface area contributed by atoms with Crippen LogP contribution < -0.4 is 5.32 Å². The van der Waals surface area contributed by atoms with Crippen LogP contribution in [-0.2, 0) is 9.59 Å². The molecule has 0 aromatic heterocycles. The summed E-state index contributed by atoms with van der Waals surface area (Å²) in [5.41, 5.74) is 0. The molecule has 2 amide bonds. The van der Waals surface area contributed by atoms with Crippen molar-refractivity contribution in [2.45, 2.75) is 107 Å². The zero-order valence-electron chi connectivity index (χ0n) is 16.5. The molecule has 1 aliphatic carbocycles. The molecular formula is C19H32B4NO2. The van der Waals surface area contributed by atoms with Crippen LogP contribution in [0.2, 0.25) is 10.5 Å². The molecule has 1 atom stereocenters. The highest BCUT2D eigenvalue weighted by atomic mass is 16.2. The highest BCUT2D eigenvalue weighted by Gasteiger charge is 2.31. The average Bonchev–Trinajstić information content (AvgIpc) is 2.56. The second-order valence-corrected chi connectivity index (χ2v) is 8.74. The third kappa shape index (κ3) is 7.96. The van der Waals surface area contributed by atoms with Crippen LogP contribution in [0, 0.1) is 0 Å². The van der Waals surface area contributed by atoms with Crippen LogP contribution in [0.15, 0.2) is 0 Å². The van der Waals surface area contributed by atoms with Gasteiger partial charge in [0, 0.05) is 19.9 Å². The van der Waals surface area contributed by atoms with Crippen molar-refractivity contribution in [3.8, 4) is 0 Å². The number of rotatable bonds is 4. The number of imide groups is 1. The van der Waals surface area contributed by atoms with Crippen molar-refractivity contribution in [3.63, 3.8) is 0 Å². The Hall–Kier alpha value is -0.600. The van der Waals surface area contributed by atoms with Crippen LogP contribution in [0.4, 0.5) is 0 Å². The maximum absolute atomic E-state index is 12.2. The Kier molecular flexibility index (Phi) is 8.90. The maximum Gasteiger partial charge on any atom is 0.226 e. The molecule has 26 heavy (non-hydrogen) atoms. The van der Waals surface area contributed by atoms with Crippen molar-refractivity contribution in [2.75, 3.05) is 0 Å². The minimum atomic E-state index is -0.219. The van der Waals surface area contributed by atoms with Crippen molar-refractivity contribution < 1.29 is 9.59 Å². The molecule has 1 unspecified atom stereocenters. The van der Waals surface area contributed by atoms with Gasteiger partial charge in [-0.3, -0.25) is 14.9 Å². The Morgan fingerprint density at radius 1 is 0.808 bits per heavy atom. The van der Waals surface area contributed by atoms with Crippen molar-refractivity contribution in [3.05, 3.63) is 0 Å². The Morgan fingerprint density at radius 2 is 1.38 bits per heavy atom. The number of carbonyl (C=O) groups is 2. The van der Waals surface area contributed by atoms with E-state index < -0.39 is 0 Å². The zero-order valence-corrected chi connectivity index (χ0v) is 16.5. The molecule has 7 heteroatoms. The fourth-order valence-corrected chi connectivity index (χ4v) is 4.23. The molecule has 1 heterocycles. The predicted molar refractivity (Wildman–Crippen MR) is 112 cm³/mol. The molecule has 137 valence electrons. The third-order valence-electron chi connectivity index (χ3n) is 5.96. The minimum absolute atomic E-state index is 0.134. The summed E-state index contributed by atoms with van der Waals surface area (Å²) in [6.07, 6.45) is 14.3. The van der Waals surface area contributed by atoms with Crippen LogP contribution in [-0.4, -0.2) is 41.1 Å². The molecule has 0 bridgehead atoms. The molecule has 1 saturated carbocycles. The first-order valence-corrected chi connectivity index (χ1v) is 10.6. The Labute approximate surface area is 163 Å². The van der Waals surface area contributed by atoms with Crippen LogP contribution in [0.1, 0.15) is 96.8 Å². The quantitative estimate of drug-likeness (QED) is 0.623. The lowest BCUT2D eigenvalue weighted by Gasteiger charge is -2.34. The van der Waals surface area contributed by atoms with E-state index in [1.54, 1.807) is 0 Å². The van der Waals surface area contributed by atoms with Crippen LogP contribution in [0.3, 0.4) is 0 Å². The first-order valence-electron chi connectivity index (χ1n) is 10.6. The van der Waals surface area contributed by atoms with E-state index >= 15 is 0 Å². The van der Waals surface area contributed by atoms with E-state index in [9.17, 15) is 9.59 Å². The molecule has 1 aliphatic heterocycles. The van der Waals surface area contributed by atoms with Gasteiger partial charge in [-0.05, 0) is 6.42 Å². The van der Waals surface area contributed by atoms with Gasteiger partial charge in [-0.25, -0.2) is 0 Å². The molecule has 1 N–H and O–H groups in total. The topological polar surface area (TPSA) is 46.2 Å². The van der Waals surface area contributed by atoms with E-state index in [0.29, 0.717) is 12.8 Å². The van der Waals surface area contributed by atoms with E-state index in [2.05, 4.69) is 33.6 Å². The molecule has 1 saturated heterocycles. The molecule has 2 rings (SSSR count). The standard InChI is InChI=1S/C19H32B4NO2/c1-18(12-8-6-3-7-11-16(25)24-17(26)15-18)21-23-22-19(20)13-9-4-2-5-10-14-19/h2-15H2,1H3,(H,24,25,26). The Morgan fingerprint density at radius 3 is 2.08 bits per heavy atom. The summed E-state index contributed by atoms with van der Waals surface area (Å²) >= 11 is 0. The number of nitrogens with one attached hydrogen (secondary N) is 1. The first-order chi connectivity index (χ1) is 12.4. The summed E-state index contributed by atoms with van der Waals surface area (Å²) < 4.78 is 0. The van der Waals surface area contributed by atoms with Gasteiger partial charge in [-0.15, -0.1) is 0 Å². The number of hydrogen-bond acceptors (Lipinski definition) is 2. The SMILES string of the molecule is [B]C1([B][B][B]C2(C)CCCCCCC(=O)NC(=O)C2)CCCCCCC1. The molecule has 5 radical (unpaired) electrons. The fraction of sp³-hybridized carbons (Fsp3) is 0.895. The second kappa shape index (κ2) is 10.7. The van der Waals surface area contributed by atoms with E-state index in [4.69, 9.17) is 7.85 Å². The average molecular weight is 350 g/mol. The summed E-state index contributed by atoms with van der Waals surface area (Å²) in [6.45, 7) is 2.13. The maximum atomic E-state index is 12.2. The van der Waals surface area contributed by atoms with E-state index in [1.807, 2.05) is 0 Å². The summed E-state index contributed by atoms with van der Waals surface area (Å²) in [7, 11) is 13.0. The molecule has 0 spiro atoms. The molecular weight excluding hydrogens is 317 g/mol. The van der Waals surface area contributed by atoms with Gasteiger partial charge in [0.05, 0.1) is 22.2 Å². The van der Waals surface area contributed by atoms with Gasteiger partial charge in [0.2, 0.25) is 11.8 Å². The third-order valence-corrected chi connectivity index (χ3v) is 5.96. The van der Waals surface area contributed by atoms with Crippen molar-refractivity contribution in [1.29, 1.82) is 0 Å². The van der Waals surface area contributed by atoms with E-state index in [-0.39, 0.29) is 22.3 Å². The second-order valence-electron chi connectivity index (χ2n) is 8.74. The fourth-order valence-electron chi connectivity index (χ4n) is 4.23. The lowest BCUT2D eigenvalue weighted by Crippen LogP contribution is -2.38. The van der Waals surface area contributed by atoms with Gasteiger partial charge in [-0.1, -0.05) is 88.1 Å². The van der Waals surface area contributed by atoms with Gasteiger partial charge in [0.25, 0.3) is 0 Å². The summed E-state index contributed by atoms with van der Waals surface area (Å²) in [4.78, 5) is 24.0. The highest BCUT2D eigenvalue weighted by Crippen LogP contribution is 2.38. The van der Waals surface area contributed by atoms with Crippen molar-refractivity contribution in [2.24, 2.45) is 0 Å². The molecule has 2 aliphatic rings. The zero-order chi connectivity index (χ0) is 18.9.